The average molecular weight is 406 g/mol. The lowest BCUT2D eigenvalue weighted by molar-refractivity contribution is -0.118. The third-order valence-electron chi connectivity index (χ3n) is 2.62. The van der Waals surface area contributed by atoms with Crippen molar-refractivity contribution in [3.8, 4) is 5.75 Å². The van der Waals surface area contributed by atoms with Gasteiger partial charge in [-0.1, -0.05) is 11.8 Å². The maximum Gasteiger partial charge on any atom is 0.288 e. The summed E-state index contributed by atoms with van der Waals surface area (Å²) in [7, 11) is 0. The molecule has 0 atom stereocenters. The van der Waals surface area contributed by atoms with E-state index in [0.717, 1.165) is 0 Å². The number of ether oxygens (including phenoxy) is 1. The van der Waals surface area contributed by atoms with Crippen molar-refractivity contribution < 1.29 is 22.7 Å². The number of amides is 1. The summed E-state index contributed by atoms with van der Waals surface area (Å²) in [6, 6.07) is 9.88. The van der Waals surface area contributed by atoms with Crippen molar-refractivity contribution in [3.05, 3.63) is 52.8 Å². The Bertz CT molecular complexity index is 683. The molecule has 122 valence electrons. The first-order chi connectivity index (χ1) is 10.9. The Morgan fingerprint density at radius 3 is 2.52 bits per heavy atom. The second-order valence-corrected chi connectivity index (χ2v) is 6.23. The van der Waals surface area contributed by atoms with Gasteiger partial charge in [-0.3, -0.25) is 4.79 Å². The Morgan fingerprint density at radius 2 is 1.91 bits per heavy atom. The van der Waals surface area contributed by atoms with Gasteiger partial charge < -0.3 is 10.1 Å². The molecule has 1 amide bonds. The summed E-state index contributed by atoms with van der Waals surface area (Å²) in [4.78, 5) is 12.2. The number of thioether (sulfide) groups is 1. The fraction of sp³-hybridized carbons (Fsp3) is 0.133. The molecule has 2 rings (SSSR count). The second-order valence-electron chi connectivity index (χ2n) is 4.31. The van der Waals surface area contributed by atoms with Crippen LogP contribution in [-0.2, 0) is 4.79 Å². The highest BCUT2D eigenvalue weighted by atomic mass is 79.9. The van der Waals surface area contributed by atoms with Crippen LogP contribution in [0, 0.1) is 5.82 Å². The molecule has 0 saturated heterocycles. The summed E-state index contributed by atoms with van der Waals surface area (Å²) in [5, 5.41) is 2.57. The number of anilines is 1. The standard InChI is InChI=1S/C15H11BrF3NO2S/c16-12-7-9(17)1-6-13(12)22-8-14(21)20-10-2-4-11(5-3-10)23-15(18)19/h1-7,15H,8H2,(H,20,21). The second kappa shape index (κ2) is 8.26. The predicted octanol–water partition coefficient (Wildman–Crippen LogP) is 4.92. The first-order valence-corrected chi connectivity index (χ1v) is 8.04. The molecule has 0 aromatic heterocycles. The molecule has 0 spiro atoms. The van der Waals surface area contributed by atoms with E-state index in [2.05, 4.69) is 21.2 Å². The first kappa shape index (κ1) is 17.7. The molecule has 0 saturated carbocycles. The van der Waals surface area contributed by atoms with E-state index in [1.54, 1.807) is 0 Å². The van der Waals surface area contributed by atoms with Crippen LogP contribution >= 0.6 is 27.7 Å². The Kier molecular flexibility index (Phi) is 6.35. The molecule has 0 unspecified atom stereocenters. The molecular formula is C15H11BrF3NO2S. The van der Waals surface area contributed by atoms with E-state index in [4.69, 9.17) is 4.74 Å². The number of hydrogen-bond donors (Lipinski definition) is 1. The maximum atomic E-state index is 12.9. The van der Waals surface area contributed by atoms with Crippen LogP contribution in [0.25, 0.3) is 0 Å². The highest BCUT2D eigenvalue weighted by Gasteiger charge is 2.08. The molecular weight excluding hydrogens is 395 g/mol. The minimum absolute atomic E-state index is 0.266. The number of carbonyl (C=O) groups is 1. The number of alkyl halides is 2. The summed E-state index contributed by atoms with van der Waals surface area (Å²) < 4.78 is 43.0. The van der Waals surface area contributed by atoms with E-state index < -0.39 is 17.5 Å². The van der Waals surface area contributed by atoms with Crippen molar-refractivity contribution in [1.82, 2.24) is 0 Å². The SMILES string of the molecule is O=C(COc1ccc(F)cc1Br)Nc1ccc(SC(F)F)cc1. The lowest BCUT2D eigenvalue weighted by Crippen LogP contribution is -2.20. The van der Waals surface area contributed by atoms with Gasteiger partial charge in [0.05, 0.1) is 4.47 Å². The summed E-state index contributed by atoms with van der Waals surface area (Å²) >= 11 is 3.56. The van der Waals surface area contributed by atoms with Gasteiger partial charge in [0, 0.05) is 10.6 Å². The third-order valence-corrected chi connectivity index (χ3v) is 3.96. The highest BCUT2D eigenvalue weighted by Crippen LogP contribution is 2.27. The summed E-state index contributed by atoms with van der Waals surface area (Å²) in [6.45, 7) is -0.266. The van der Waals surface area contributed by atoms with Crippen molar-refractivity contribution in [2.24, 2.45) is 0 Å². The molecule has 0 aliphatic carbocycles. The molecule has 0 aliphatic heterocycles. The summed E-state index contributed by atoms with van der Waals surface area (Å²) in [5.41, 5.74) is 0.468. The Balaban J connectivity index is 1.87. The first-order valence-electron chi connectivity index (χ1n) is 6.36. The minimum Gasteiger partial charge on any atom is -0.483 e. The molecule has 8 heteroatoms. The zero-order valence-corrected chi connectivity index (χ0v) is 14.0. The molecule has 0 heterocycles. The monoisotopic (exact) mass is 405 g/mol. The molecule has 2 aromatic carbocycles. The van der Waals surface area contributed by atoms with Gasteiger partial charge in [-0.05, 0) is 58.4 Å². The van der Waals surface area contributed by atoms with Gasteiger partial charge in [0.15, 0.2) is 6.61 Å². The zero-order valence-electron chi connectivity index (χ0n) is 11.6. The Labute approximate surface area is 143 Å². The van der Waals surface area contributed by atoms with Crippen molar-refractivity contribution in [3.63, 3.8) is 0 Å². The van der Waals surface area contributed by atoms with E-state index >= 15 is 0 Å². The van der Waals surface area contributed by atoms with Crippen LogP contribution in [0.3, 0.4) is 0 Å². The van der Waals surface area contributed by atoms with Crippen molar-refractivity contribution in [2.45, 2.75) is 10.7 Å². The summed E-state index contributed by atoms with van der Waals surface area (Å²) in [5.74, 6) is -2.99. The van der Waals surface area contributed by atoms with Gasteiger partial charge in [0.25, 0.3) is 11.7 Å². The Hall–Kier alpha value is -1.67. The lowest BCUT2D eigenvalue weighted by atomic mass is 10.3. The lowest BCUT2D eigenvalue weighted by Gasteiger charge is -2.09. The molecule has 0 radical (unpaired) electrons. The van der Waals surface area contributed by atoms with Gasteiger partial charge in [-0.15, -0.1) is 0 Å². The molecule has 0 bridgehead atoms. The molecule has 1 N–H and O–H groups in total. The smallest absolute Gasteiger partial charge is 0.288 e. The van der Waals surface area contributed by atoms with Crippen LogP contribution in [0.1, 0.15) is 0 Å². The van der Waals surface area contributed by atoms with E-state index in [9.17, 15) is 18.0 Å². The number of carbonyl (C=O) groups excluding carboxylic acids is 1. The number of nitrogens with one attached hydrogen (secondary N) is 1. The average Bonchev–Trinajstić information content (AvgIpc) is 2.48. The van der Waals surface area contributed by atoms with Crippen LogP contribution in [0.15, 0.2) is 51.8 Å². The topological polar surface area (TPSA) is 38.3 Å². The number of halogens is 4. The third kappa shape index (κ3) is 5.80. The Morgan fingerprint density at radius 1 is 1.22 bits per heavy atom. The van der Waals surface area contributed by atoms with Crippen molar-refractivity contribution in [2.75, 3.05) is 11.9 Å². The number of benzene rings is 2. The van der Waals surface area contributed by atoms with Gasteiger partial charge in [-0.2, -0.15) is 8.78 Å². The van der Waals surface area contributed by atoms with Gasteiger partial charge >= 0.3 is 0 Å². The maximum absolute atomic E-state index is 12.9. The normalized spacial score (nSPS) is 10.7. The molecule has 0 aliphatic rings. The quantitative estimate of drug-likeness (QED) is 0.693. The van der Waals surface area contributed by atoms with Crippen molar-refractivity contribution >= 4 is 39.3 Å². The van der Waals surface area contributed by atoms with Crippen LogP contribution < -0.4 is 10.1 Å². The van der Waals surface area contributed by atoms with E-state index in [0.29, 0.717) is 32.6 Å². The van der Waals surface area contributed by atoms with Crippen LogP contribution in [0.5, 0.6) is 5.75 Å². The molecule has 2 aromatic rings. The molecule has 23 heavy (non-hydrogen) atoms. The van der Waals surface area contributed by atoms with Gasteiger partial charge in [-0.25, -0.2) is 4.39 Å². The van der Waals surface area contributed by atoms with Crippen LogP contribution in [0.2, 0.25) is 0 Å². The largest absolute Gasteiger partial charge is 0.483 e. The van der Waals surface area contributed by atoms with Crippen molar-refractivity contribution in [1.29, 1.82) is 0 Å². The molecule has 0 fully saturated rings. The van der Waals surface area contributed by atoms with Gasteiger partial charge in [0.1, 0.15) is 11.6 Å². The minimum atomic E-state index is -2.49. The summed E-state index contributed by atoms with van der Waals surface area (Å²) in [6.07, 6.45) is 0. The highest BCUT2D eigenvalue weighted by molar-refractivity contribution is 9.10. The van der Waals surface area contributed by atoms with E-state index in [1.807, 2.05) is 0 Å². The van der Waals surface area contributed by atoms with E-state index in [1.165, 1.54) is 42.5 Å². The fourth-order valence-corrected chi connectivity index (χ4v) is 2.62. The molecule has 3 nitrogen and oxygen atoms in total. The fourth-order valence-electron chi connectivity index (χ4n) is 1.65. The van der Waals surface area contributed by atoms with E-state index in [-0.39, 0.29) is 6.61 Å². The van der Waals surface area contributed by atoms with Crippen LogP contribution in [0.4, 0.5) is 18.9 Å². The predicted molar refractivity (Wildman–Crippen MR) is 86.5 cm³/mol. The number of rotatable bonds is 6. The zero-order chi connectivity index (χ0) is 16.8. The van der Waals surface area contributed by atoms with Gasteiger partial charge in [0.2, 0.25) is 0 Å². The number of hydrogen-bond acceptors (Lipinski definition) is 3. The van der Waals surface area contributed by atoms with Crippen LogP contribution in [-0.4, -0.2) is 18.3 Å².